The zero-order valence-electron chi connectivity index (χ0n) is 14.5. The molecule has 0 aliphatic carbocycles. The standard InChI is InChI=1S/C18H22ClN5O/c1-3-23-7-9-24(10-8-23)17-12-20-16(11-21-17)18(25)22-15-6-4-5-14(19)13(15)2/h4-6,11-12H,3,7-10H2,1-2H3,(H,22,25). The van der Waals surface area contributed by atoms with E-state index in [2.05, 4.69) is 32.0 Å². The fourth-order valence-electron chi connectivity index (χ4n) is 2.82. The quantitative estimate of drug-likeness (QED) is 0.909. The molecule has 0 radical (unpaired) electrons. The number of carbonyl (C=O) groups excluding carboxylic acids is 1. The van der Waals surface area contributed by atoms with E-state index < -0.39 is 0 Å². The maximum absolute atomic E-state index is 12.4. The van der Waals surface area contributed by atoms with Gasteiger partial charge in [-0.15, -0.1) is 0 Å². The van der Waals surface area contributed by atoms with Crippen molar-refractivity contribution in [1.82, 2.24) is 14.9 Å². The molecule has 25 heavy (non-hydrogen) atoms. The molecular formula is C18H22ClN5O. The molecule has 1 aromatic carbocycles. The lowest BCUT2D eigenvalue weighted by atomic mass is 10.2. The van der Waals surface area contributed by atoms with E-state index in [0.29, 0.717) is 10.7 Å². The highest BCUT2D eigenvalue weighted by Crippen LogP contribution is 2.23. The van der Waals surface area contributed by atoms with Gasteiger partial charge >= 0.3 is 0 Å². The molecule has 0 bridgehead atoms. The van der Waals surface area contributed by atoms with Crippen LogP contribution in [0.15, 0.2) is 30.6 Å². The Morgan fingerprint density at radius 3 is 2.60 bits per heavy atom. The first-order chi connectivity index (χ1) is 12.1. The van der Waals surface area contributed by atoms with Gasteiger partial charge in [0.2, 0.25) is 0 Å². The van der Waals surface area contributed by atoms with Crippen LogP contribution in [0.4, 0.5) is 11.5 Å². The summed E-state index contributed by atoms with van der Waals surface area (Å²) in [5, 5.41) is 3.45. The molecule has 2 heterocycles. The van der Waals surface area contributed by atoms with Crippen LogP contribution in [0.3, 0.4) is 0 Å². The average Bonchev–Trinajstić information content (AvgIpc) is 2.65. The van der Waals surface area contributed by atoms with Gasteiger partial charge in [0.25, 0.3) is 5.91 Å². The van der Waals surface area contributed by atoms with Crippen LogP contribution in [-0.2, 0) is 0 Å². The number of likely N-dealkylation sites (N-methyl/N-ethyl adjacent to an activating group) is 1. The number of aromatic nitrogens is 2. The van der Waals surface area contributed by atoms with Gasteiger partial charge in [-0.3, -0.25) is 4.79 Å². The summed E-state index contributed by atoms with van der Waals surface area (Å²) in [6.07, 6.45) is 3.19. The number of carbonyl (C=O) groups is 1. The van der Waals surface area contributed by atoms with Crippen molar-refractivity contribution in [3.05, 3.63) is 46.9 Å². The number of piperazine rings is 1. The third-order valence-electron chi connectivity index (χ3n) is 4.53. The molecule has 1 fully saturated rings. The fraction of sp³-hybridized carbons (Fsp3) is 0.389. The topological polar surface area (TPSA) is 61.4 Å². The second-order valence-electron chi connectivity index (χ2n) is 6.05. The van der Waals surface area contributed by atoms with Crippen molar-refractivity contribution in [2.45, 2.75) is 13.8 Å². The summed E-state index contributed by atoms with van der Waals surface area (Å²) < 4.78 is 0. The molecule has 132 valence electrons. The van der Waals surface area contributed by atoms with Gasteiger partial charge < -0.3 is 15.1 Å². The van der Waals surface area contributed by atoms with Crippen LogP contribution in [0, 0.1) is 6.92 Å². The van der Waals surface area contributed by atoms with E-state index in [4.69, 9.17) is 11.6 Å². The van der Waals surface area contributed by atoms with Gasteiger partial charge in [-0.05, 0) is 31.2 Å². The molecule has 1 saturated heterocycles. The van der Waals surface area contributed by atoms with Gasteiger partial charge in [0.05, 0.1) is 12.4 Å². The van der Waals surface area contributed by atoms with Crippen LogP contribution in [0.25, 0.3) is 0 Å². The Kier molecular flexibility index (Phi) is 5.50. The molecule has 1 aliphatic rings. The van der Waals surface area contributed by atoms with Crippen LogP contribution < -0.4 is 10.2 Å². The van der Waals surface area contributed by atoms with Gasteiger partial charge in [-0.1, -0.05) is 24.6 Å². The van der Waals surface area contributed by atoms with E-state index >= 15 is 0 Å². The lowest BCUT2D eigenvalue weighted by molar-refractivity contribution is 0.102. The molecule has 1 amide bonds. The zero-order chi connectivity index (χ0) is 17.8. The molecule has 1 aliphatic heterocycles. The van der Waals surface area contributed by atoms with Crippen LogP contribution in [0.5, 0.6) is 0 Å². The second-order valence-corrected chi connectivity index (χ2v) is 6.45. The number of hydrogen-bond donors (Lipinski definition) is 1. The van der Waals surface area contributed by atoms with E-state index in [-0.39, 0.29) is 11.6 Å². The number of anilines is 2. The molecule has 0 spiro atoms. The number of halogens is 1. The molecule has 3 rings (SSSR count). The molecule has 0 unspecified atom stereocenters. The normalized spacial score (nSPS) is 15.2. The third kappa shape index (κ3) is 4.08. The third-order valence-corrected chi connectivity index (χ3v) is 4.94. The summed E-state index contributed by atoms with van der Waals surface area (Å²) in [6.45, 7) is 9.00. The largest absolute Gasteiger partial charge is 0.353 e. The molecule has 6 nitrogen and oxygen atoms in total. The van der Waals surface area contributed by atoms with Crippen LogP contribution in [0.2, 0.25) is 5.02 Å². The Labute approximate surface area is 152 Å². The minimum absolute atomic E-state index is 0.287. The maximum Gasteiger partial charge on any atom is 0.275 e. The number of rotatable bonds is 4. The van der Waals surface area contributed by atoms with Crippen molar-refractivity contribution < 1.29 is 4.79 Å². The lowest BCUT2D eigenvalue weighted by Crippen LogP contribution is -2.46. The van der Waals surface area contributed by atoms with Crippen molar-refractivity contribution in [1.29, 1.82) is 0 Å². The highest BCUT2D eigenvalue weighted by Gasteiger charge is 2.18. The average molecular weight is 360 g/mol. The van der Waals surface area contributed by atoms with Gasteiger partial charge in [0.15, 0.2) is 0 Å². The van der Waals surface area contributed by atoms with Crippen molar-refractivity contribution >= 4 is 29.0 Å². The van der Waals surface area contributed by atoms with E-state index in [1.807, 2.05) is 13.0 Å². The van der Waals surface area contributed by atoms with E-state index in [9.17, 15) is 4.79 Å². The zero-order valence-corrected chi connectivity index (χ0v) is 15.3. The van der Waals surface area contributed by atoms with Gasteiger partial charge in [-0.2, -0.15) is 0 Å². The van der Waals surface area contributed by atoms with Gasteiger partial charge in [0, 0.05) is 36.9 Å². The summed E-state index contributed by atoms with van der Waals surface area (Å²) in [5.74, 6) is 0.520. The maximum atomic E-state index is 12.4. The number of benzene rings is 1. The first-order valence-corrected chi connectivity index (χ1v) is 8.82. The van der Waals surface area contributed by atoms with Gasteiger partial charge in [-0.25, -0.2) is 9.97 Å². The predicted octanol–water partition coefficient (Wildman–Crippen LogP) is 2.83. The Morgan fingerprint density at radius 1 is 1.20 bits per heavy atom. The summed E-state index contributed by atoms with van der Waals surface area (Å²) in [6, 6.07) is 5.41. The number of hydrogen-bond acceptors (Lipinski definition) is 5. The SMILES string of the molecule is CCN1CCN(c2cnc(C(=O)Nc3cccc(Cl)c3C)cn2)CC1. The monoisotopic (exact) mass is 359 g/mol. The first kappa shape index (κ1) is 17.6. The molecule has 7 heteroatoms. The Hall–Kier alpha value is -2.18. The van der Waals surface area contributed by atoms with E-state index in [1.54, 1.807) is 18.3 Å². The summed E-state index contributed by atoms with van der Waals surface area (Å²) >= 11 is 6.08. The van der Waals surface area contributed by atoms with Gasteiger partial charge in [0.1, 0.15) is 11.5 Å². The first-order valence-electron chi connectivity index (χ1n) is 8.44. The van der Waals surface area contributed by atoms with Crippen LogP contribution in [-0.4, -0.2) is 53.5 Å². The summed E-state index contributed by atoms with van der Waals surface area (Å²) in [4.78, 5) is 25.7. The predicted molar refractivity (Wildman–Crippen MR) is 101 cm³/mol. The Morgan fingerprint density at radius 2 is 1.96 bits per heavy atom. The van der Waals surface area contributed by atoms with Crippen LogP contribution in [0.1, 0.15) is 23.0 Å². The Balaban J connectivity index is 1.66. The minimum atomic E-state index is -0.291. The number of nitrogens with zero attached hydrogens (tertiary/aromatic N) is 4. The highest BCUT2D eigenvalue weighted by atomic mass is 35.5. The van der Waals surface area contributed by atoms with E-state index in [0.717, 1.165) is 44.1 Å². The molecule has 0 saturated carbocycles. The van der Waals surface area contributed by atoms with Crippen molar-refractivity contribution in [3.8, 4) is 0 Å². The fourth-order valence-corrected chi connectivity index (χ4v) is 3.00. The molecule has 1 N–H and O–H groups in total. The Bertz CT molecular complexity index is 742. The molecular weight excluding hydrogens is 338 g/mol. The summed E-state index contributed by atoms with van der Waals surface area (Å²) in [7, 11) is 0. The second kappa shape index (κ2) is 7.80. The van der Waals surface area contributed by atoms with Crippen LogP contribution >= 0.6 is 11.6 Å². The minimum Gasteiger partial charge on any atom is -0.353 e. The molecule has 0 atom stereocenters. The number of amides is 1. The van der Waals surface area contributed by atoms with Crippen molar-refractivity contribution in [3.63, 3.8) is 0 Å². The molecule has 2 aromatic rings. The van der Waals surface area contributed by atoms with Crippen molar-refractivity contribution in [2.24, 2.45) is 0 Å². The smallest absolute Gasteiger partial charge is 0.275 e. The number of nitrogens with one attached hydrogen (secondary N) is 1. The molecule has 1 aromatic heterocycles. The summed E-state index contributed by atoms with van der Waals surface area (Å²) in [5.41, 5.74) is 1.80. The van der Waals surface area contributed by atoms with E-state index in [1.165, 1.54) is 6.20 Å². The highest BCUT2D eigenvalue weighted by molar-refractivity contribution is 6.31. The lowest BCUT2D eigenvalue weighted by Gasteiger charge is -2.34. The van der Waals surface area contributed by atoms with Crippen molar-refractivity contribution in [2.75, 3.05) is 42.9 Å².